The Balaban J connectivity index is 1.64. The number of benzene rings is 2. The minimum atomic E-state index is -0.373. The molecule has 2 amide bonds. The number of hydrogen-bond donors (Lipinski definition) is 2. The summed E-state index contributed by atoms with van der Waals surface area (Å²) in [5, 5.41) is 9.60. The van der Waals surface area contributed by atoms with Crippen LogP contribution in [0.25, 0.3) is 5.69 Å². The first-order valence-corrected chi connectivity index (χ1v) is 7.41. The van der Waals surface area contributed by atoms with Crippen molar-refractivity contribution < 1.29 is 9.59 Å². The number of aromatic nitrogens is 2. The number of nitrogens with zero attached hydrogens (tertiary/aromatic N) is 2. The molecule has 3 aromatic rings. The first kappa shape index (κ1) is 15.5. The summed E-state index contributed by atoms with van der Waals surface area (Å²) in [4.78, 5) is 23.4. The largest absolute Gasteiger partial charge is 0.323 e. The van der Waals surface area contributed by atoms with Gasteiger partial charge in [-0.25, -0.2) is 9.48 Å². The third-order valence-electron chi connectivity index (χ3n) is 3.42. The number of urea groups is 1. The SMILES string of the molecule is CC(=O)c1cccc(NC(=O)Nc2ccc(-n3cccn3)cc2)c1. The molecule has 2 N–H and O–H groups in total. The molecule has 0 spiro atoms. The smallest absolute Gasteiger partial charge is 0.308 e. The molecule has 1 heterocycles. The fraction of sp³-hybridized carbons (Fsp3) is 0.0556. The first-order chi connectivity index (χ1) is 11.6. The van der Waals surface area contributed by atoms with Gasteiger partial charge < -0.3 is 10.6 Å². The lowest BCUT2D eigenvalue weighted by atomic mass is 10.1. The van der Waals surface area contributed by atoms with Crippen molar-refractivity contribution >= 4 is 23.2 Å². The standard InChI is InChI=1S/C18H16N4O2/c1-13(23)14-4-2-5-16(12-14)21-18(24)20-15-6-8-17(9-7-15)22-11-3-10-19-22/h2-12H,1H3,(H2,20,21,24). The lowest BCUT2D eigenvalue weighted by Crippen LogP contribution is -2.19. The number of carbonyl (C=O) groups excluding carboxylic acids is 2. The summed E-state index contributed by atoms with van der Waals surface area (Å²) < 4.78 is 1.73. The van der Waals surface area contributed by atoms with Crippen LogP contribution in [0.4, 0.5) is 16.2 Å². The van der Waals surface area contributed by atoms with Crippen LogP contribution in [0, 0.1) is 0 Å². The summed E-state index contributed by atoms with van der Waals surface area (Å²) in [5.41, 5.74) is 2.68. The zero-order chi connectivity index (χ0) is 16.9. The molecule has 0 bridgehead atoms. The molecule has 0 fully saturated rings. The van der Waals surface area contributed by atoms with E-state index in [0.29, 0.717) is 16.9 Å². The van der Waals surface area contributed by atoms with Gasteiger partial charge in [-0.15, -0.1) is 0 Å². The quantitative estimate of drug-likeness (QED) is 0.719. The van der Waals surface area contributed by atoms with Gasteiger partial charge in [-0.05, 0) is 49.4 Å². The van der Waals surface area contributed by atoms with Crippen LogP contribution in [0.15, 0.2) is 67.0 Å². The van der Waals surface area contributed by atoms with Gasteiger partial charge in [0.2, 0.25) is 0 Å². The van der Waals surface area contributed by atoms with Crippen molar-refractivity contribution in [1.29, 1.82) is 0 Å². The van der Waals surface area contributed by atoms with Crippen LogP contribution in [0.5, 0.6) is 0 Å². The predicted octanol–water partition coefficient (Wildman–Crippen LogP) is 3.72. The van der Waals surface area contributed by atoms with Gasteiger partial charge in [0, 0.05) is 29.3 Å². The van der Waals surface area contributed by atoms with E-state index in [1.54, 1.807) is 47.3 Å². The van der Waals surface area contributed by atoms with Crippen LogP contribution in [-0.2, 0) is 0 Å². The molecule has 2 aromatic carbocycles. The summed E-state index contributed by atoms with van der Waals surface area (Å²) in [6.07, 6.45) is 3.55. The lowest BCUT2D eigenvalue weighted by molar-refractivity contribution is 0.101. The fourth-order valence-electron chi connectivity index (χ4n) is 2.23. The second kappa shape index (κ2) is 6.78. The molecule has 0 saturated heterocycles. The van der Waals surface area contributed by atoms with Crippen molar-refractivity contribution in [3.63, 3.8) is 0 Å². The first-order valence-electron chi connectivity index (χ1n) is 7.41. The minimum absolute atomic E-state index is 0.0479. The molecule has 6 heteroatoms. The maximum absolute atomic E-state index is 12.1. The fourth-order valence-corrected chi connectivity index (χ4v) is 2.23. The third-order valence-corrected chi connectivity index (χ3v) is 3.42. The van der Waals surface area contributed by atoms with E-state index in [2.05, 4.69) is 15.7 Å². The van der Waals surface area contributed by atoms with E-state index < -0.39 is 0 Å². The van der Waals surface area contributed by atoms with Crippen molar-refractivity contribution in [3.05, 3.63) is 72.6 Å². The predicted molar refractivity (Wildman–Crippen MR) is 92.7 cm³/mol. The molecule has 120 valence electrons. The van der Waals surface area contributed by atoms with E-state index in [4.69, 9.17) is 0 Å². The molecule has 24 heavy (non-hydrogen) atoms. The molecule has 1 aromatic heterocycles. The summed E-state index contributed by atoms with van der Waals surface area (Å²) in [7, 11) is 0. The number of amides is 2. The highest BCUT2D eigenvalue weighted by Crippen LogP contribution is 2.14. The number of hydrogen-bond acceptors (Lipinski definition) is 3. The van der Waals surface area contributed by atoms with Gasteiger partial charge >= 0.3 is 6.03 Å². The van der Waals surface area contributed by atoms with Crippen LogP contribution in [0.3, 0.4) is 0 Å². The van der Waals surface area contributed by atoms with Gasteiger partial charge in [0.1, 0.15) is 0 Å². The van der Waals surface area contributed by atoms with Gasteiger partial charge in [-0.1, -0.05) is 12.1 Å². The Hall–Kier alpha value is -3.41. The second-order valence-corrected chi connectivity index (χ2v) is 5.21. The van der Waals surface area contributed by atoms with Crippen LogP contribution in [0.2, 0.25) is 0 Å². The van der Waals surface area contributed by atoms with Crippen molar-refractivity contribution in [2.45, 2.75) is 6.92 Å². The molecular formula is C18H16N4O2. The maximum atomic E-state index is 12.1. The second-order valence-electron chi connectivity index (χ2n) is 5.21. The molecule has 0 radical (unpaired) electrons. The zero-order valence-electron chi connectivity index (χ0n) is 13.1. The Morgan fingerprint density at radius 3 is 2.38 bits per heavy atom. The molecule has 0 aliphatic carbocycles. The number of ketones is 1. The topological polar surface area (TPSA) is 76.0 Å². The highest BCUT2D eigenvalue weighted by atomic mass is 16.2. The van der Waals surface area contributed by atoms with E-state index in [1.807, 2.05) is 24.4 Å². The summed E-state index contributed by atoms with van der Waals surface area (Å²) in [6.45, 7) is 1.49. The van der Waals surface area contributed by atoms with Crippen molar-refractivity contribution in [2.75, 3.05) is 10.6 Å². The number of carbonyl (C=O) groups is 2. The van der Waals surface area contributed by atoms with Crippen molar-refractivity contribution in [1.82, 2.24) is 9.78 Å². The molecule has 0 aliphatic rings. The molecule has 6 nitrogen and oxygen atoms in total. The monoisotopic (exact) mass is 320 g/mol. The molecule has 0 aliphatic heterocycles. The molecule has 0 unspecified atom stereocenters. The van der Waals surface area contributed by atoms with E-state index >= 15 is 0 Å². The number of rotatable bonds is 4. The van der Waals surface area contributed by atoms with Gasteiger partial charge in [0.25, 0.3) is 0 Å². The van der Waals surface area contributed by atoms with Crippen LogP contribution in [-0.4, -0.2) is 21.6 Å². The average Bonchev–Trinajstić information content (AvgIpc) is 3.10. The average molecular weight is 320 g/mol. The number of nitrogens with one attached hydrogen (secondary N) is 2. The van der Waals surface area contributed by atoms with Crippen molar-refractivity contribution in [3.8, 4) is 5.69 Å². The molecule has 0 saturated carbocycles. The summed E-state index contributed by atoms with van der Waals surface area (Å²) >= 11 is 0. The summed E-state index contributed by atoms with van der Waals surface area (Å²) in [6, 6.07) is 15.6. The Morgan fingerprint density at radius 1 is 0.958 bits per heavy atom. The van der Waals surface area contributed by atoms with Crippen LogP contribution in [0.1, 0.15) is 17.3 Å². The van der Waals surface area contributed by atoms with E-state index in [-0.39, 0.29) is 11.8 Å². The Labute approximate surface area is 139 Å². The lowest BCUT2D eigenvalue weighted by Gasteiger charge is -2.09. The normalized spacial score (nSPS) is 10.2. The number of Topliss-reactive ketones (excluding diaryl/α,β-unsaturated/α-hetero) is 1. The maximum Gasteiger partial charge on any atom is 0.323 e. The van der Waals surface area contributed by atoms with Crippen LogP contribution < -0.4 is 10.6 Å². The Morgan fingerprint density at radius 2 is 1.71 bits per heavy atom. The number of anilines is 2. The van der Waals surface area contributed by atoms with E-state index in [9.17, 15) is 9.59 Å². The van der Waals surface area contributed by atoms with Crippen molar-refractivity contribution in [2.24, 2.45) is 0 Å². The van der Waals surface area contributed by atoms with Gasteiger partial charge in [-0.3, -0.25) is 4.79 Å². The Kier molecular flexibility index (Phi) is 4.38. The Bertz CT molecular complexity index is 855. The zero-order valence-corrected chi connectivity index (χ0v) is 13.1. The van der Waals surface area contributed by atoms with Crippen LogP contribution >= 0.6 is 0 Å². The van der Waals surface area contributed by atoms with E-state index in [0.717, 1.165) is 5.69 Å². The summed E-state index contributed by atoms with van der Waals surface area (Å²) in [5.74, 6) is -0.0479. The van der Waals surface area contributed by atoms with Gasteiger partial charge in [0.15, 0.2) is 5.78 Å². The molecule has 3 rings (SSSR count). The highest BCUT2D eigenvalue weighted by Gasteiger charge is 2.05. The van der Waals surface area contributed by atoms with E-state index in [1.165, 1.54) is 6.92 Å². The molecular weight excluding hydrogens is 304 g/mol. The third kappa shape index (κ3) is 3.67. The van der Waals surface area contributed by atoms with Gasteiger partial charge in [0.05, 0.1) is 5.69 Å². The highest BCUT2D eigenvalue weighted by molar-refractivity contribution is 6.01. The van der Waals surface area contributed by atoms with Gasteiger partial charge in [-0.2, -0.15) is 5.10 Å². The minimum Gasteiger partial charge on any atom is -0.308 e. The molecule has 0 atom stereocenters.